The van der Waals surface area contributed by atoms with E-state index in [-0.39, 0.29) is 21.6 Å². The van der Waals surface area contributed by atoms with Gasteiger partial charge in [-0.25, -0.2) is 30.3 Å². The van der Waals surface area contributed by atoms with Crippen molar-refractivity contribution in [3.8, 4) is 0 Å². The molecule has 2 heterocycles. The van der Waals surface area contributed by atoms with E-state index in [1.54, 1.807) is 0 Å². The van der Waals surface area contributed by atoms with Crippen LogP contribution in [0.25, 0.3) is 16.9 Å². The fraction of sp³-hybridized carbons (Fsp3) is 0.167. The maximum Gasteiger partial charge on any atom is 0.328 e. The van der Waals surface area contributed by atoms with Gasteiger partial charge in [-0.05, 0) is 30.3 Å². The van der Waals surface area contributed by atoms with E-state index in [9.17, 15) is 26.4 Å². The van der Waals surface area contributed by atoms with E-state index in [1.807, 2.05) is 0 Å². The highest BCUT2D eigenvalue weighted by molar-refractivity contribution is 7.99. The Bertz CT molecular complexity index is 1470. The summed E-state index contributed by atoms with van der Waals surface area (Å²) in [4.78, 5) is 12.2. The first kappa shape index (κ1) is 22.1. The second kappa shape index (κ2) is 8.11. The van der Waals surface area contributed by atoms with Crippen molar-refractivity contribution < 1.29 is 30.8 Å². The number of fused-ring (bicyclic) bond motifs is 3. The molecule has 0 unspecified atom stereocenters. The number of benzene rings is 2. The Labute approximate surface area is 183 Å². The topological polar surface area (TPSA) is 110 Å². The number of oxazole rings is 1. The molecule has 1 N–H and O–H groups in total. The molecule has 0 aliphatic heterocycles. The number of aromatic nitrogens is 3. The van der Waals surface area contributed by atoms with Crippen LogP contribution in [0.3, 0.4) is 0 Å². The number of nitrogens with one attached hydrogen (secondary N) is 1. The number of sulfonamides is 1. The molecule has 0 bridgehead atoms. The number of rotatable bonds is 6. The van der Waals surface area contributed by atoms with Crippen LogP contribution in [-0.2, 0) is 14.8 Å². The molecular formula is C18H14F3N5O4S2. The second-order valence-electron chi connectivity index (χ2n) is 6.68. The molecule has 0 aliphatic rings. The van der Waals surface area contributed by atoms with Crippen molar-refractivity contribution >= 4 is 50.3 Å². The fourth-order valence-electron chi connectivity index (χ4n) is 2.79. The first-order valence-electron chi connectivity index (χ1n) is 8.86. The van der Waals surface area contributed by atoms with E-state index in [1.165, 1.54) is 36.7 Å². The third kappa shape index (κ3) is 3.80. The molecular weight excluding hydrogens is 471 g/mol. The summed E-state index contributed by atoms with van der Waals surface area (Å²) in [5.41, 5.74) is 0.207. The second-order valence-corrected chi connectivity index (χ2v) is 9.77. The molecule has 0 atom stereocenters. The lowest BCUT2D eigenvalue weighted by Crippen LogP contribution is -2.22. The van der Waals surface area contributed by atoms with E-state index in [0.29, 0.717) is 17.2 Å². The van der Waals surface area contributed by atoms with E-state index in [0.717, 1.165) is 22.1 Å². The number of hydrogen-bond acceptors (Lipinski definition) is 7. The first-order chi connectivity index (χ1) is 15.1. The highest BCUT2D eigenvalue weighted by Crippen LogP contribution is 2.28. The molecule has 0 radical (unpaired) electrons. The van der Waals surface area contributed by atoms with Gasteiger partial charge in [-0.3, -0.25) is 4.79 Å². The van der Waals surface area contributed by atoms with Crippen LogP contribution in [0.1, 0.15) is 0 Å². The van der Waals surface area contributed by atoms with Crippen molar-refractivity contribution in [2.45, 2.75) is 10.1 Å². The summed E-state index contributed by atoms with van der Waals surface area (Å²) < 4.78 is 73.0. The Morgan fingerprint density at radius 3 is 2.62 bits per heavy atom. The Morgan fingerprint density at radius 2 is 1.91 bits per heavy atom. The van der Waals surface area contributed by atoms with E-state index < -0.39 is 39.1 Å². The van der Waals surface area contributed by atoms with Gasteiger partial charge in [0.25, 0.3) is 0 Å². The summed E-state index contributed by atoms with van der Waals surface area (Å²) in [5, 5.41) is 10.1. The number of hydrogen-bond donors (Lipinski definition) is 1. The molecule has 32 heavy (non-hydrogen) atoms. The monoisotopic (exact) mass is 485 g/mol. The summed E-state index contributed by atoms with van der Waals surface area (Å²) in [5.74, 6) is -5.48. The number of carbonyl (C=O) groups excluding carboxylic acids is 1. The lowest BCUT2D eigenvalue weighted by molar-refractivity contribution is -0.113. The van der Waals surface area contributed by atoms with Gasteiger partial charge in [-0.1, -0.05) is 16.9 Å². The fourth-order valence-corrected chi connectivity index (χ4v) is 4.45. The highest BCUT2D eigenvalue weighted by Gasteiger charge is 2.22. The minimum Gasteiger partial charge on any atom is -0.422 e. The zero-order valence-electron chi connectivity index (χ0n) is 16.5. The Balaban J connectivity index is 1.60. The summed E-state index contributed by atoms with van der Waals surface area (Å²) in [6.07, 6.45) is 0. The van der Waals surface area contributed by atoms with Crippen molar-refractivity contribution in [3.05, 3.63) is 47.8 Å². The van der Waals surface area contributed by atoms with Gasteiger partial charge >= 0.3 is 5.84 Å². The molecule has 4 aromatic rings. The summed E-state index contributed by atoms with van der Waals surface area (Å²) in [6.45, 7) is 0. The largest absolute Gasteiger partial charge is 0.422 e. The Kier molecular flexibility index (Phi) is 5.60. The molecule has 0 spiro atoms. The van der Waals surface area contributed by atoms with Crippen LogP contribution in [0.2, 0.25) is 0 Å². The minimum atomic E-state index is -3.71. The van der Waals surface area contributed by atoms with Crippen LogP contribution in [0.15, 0.2) is 44.8 Å². The Hall–Kier alpha value is -3.10. The predicted molar refractivity (Wildman–Crippen MR) is 109 cm³/mol. The summed E-state index contributed by atoms with van der Waals surface area (Å²) >= 11 is 0.903. The van der Waals surface area contributed by atoms with Gasteiger partial charge in [0, 0.05) is 14.1 Å². The number of thioether (sulfide) groups is 1. The van der Waals surface area contributed by atoms with E-state index in [4.69, 9.17) is 4.42 Å². The molecule has 1 amide bonds. The van der Waals surface area contributed by atoms with Gasteiger partial charge < -0.3 is 9.73 Å². The number of nitrogens with zero attached hydrogens (tertiary/aromatic N) is 4. The van der Waals surface area contributed by atoms with Gasteiger partial charge in [0.1, 0.15) is 0 Å². The van der Waals surface area contributed by atoms with Crippen molar-refractivity contribution in [1.29, 1.82) is 0 Å². The number of anilines is 1. The third-order valence-corrected chi connectivity index (χ3v) is 7.14. The van der Waals surface area contributed by atoms with Gasteiger partial charge in [0.05, 0.1) is 21.9 Å². The van der Waals surface area contributed by atoms with Crippen molar-refractivity contribution in [3.63, 3.8) is 0 Å². The maximum absolute atomic E-state index is 13.7. The number of halogens is 3. The average Bonchev–Trinajstić information content (AvgIpc) is 3.31. The smallest absolute Gasteiger partial charge is 0.328 e. The molecule has 168 valence electrons. The zero-order valence-corrected chi connectivity index (χ0v) is 18.1. The first-order valence-corrected chi connectivity index (χ1v) is 11.3. The van der Waals surface area contributed by atoms with Gasteiger partial charge in [-0.15, -0.1) is 5.10 Å². The third-order valence-electron chi connectivity index (χ3n) is 4.40. The van der Waals surface area contributed by atoms with Crippen LogP contribution >= 0.6 is 11.8 Å². The zero-order chi connectivity index (χ0) is 23.2. The van der Waals surface area contributed by atoms with Crippen LogP contribution in [0.4, 0.5) is 18.9 Å². The molecule has 9 nitrogen and oxygen atoms in total. The van der Waals surface area contributed by atoms with Crippen LogP contribution in [0, 0.1) is 17.5 Å². The molecule has 14 heteroatoms. The normalized spacial score (nSPS) is 12.2. The molecule has 4 rings (SSSR count). The van der Waals surface area contributed by atoms with Crippen LogP contribution < -0.4 is 5.32 Å². The number of amides is 1. The van der Waals surface area contributed by atoms with E-state index >= 15 is 0 Å². The molecule has 0 fully saturated rings. The number of carbonyl (C=O) groups is 1. The minimum absolute atomic E-state index is 0.0221. The van der Waals surface area contributed by atoms with Gasteiger partial charge in [-0.2, -0.15) is 0 Å². The van der Waals surface area contributed by atoms with Crippen LogP contribution in [-0.4, -0.2) is 53.1 Å². The molecule has 0 saturated heterocycles. The molecule has 0 aliphatic carbocycles. The van der Waals surface area contributed by atoms with Gasteiger partial charge in [0.15, 0.2) is 28.2 Å². The van der Waals surface area contributed by atoms with Crippen molar-refractivity contribution in [1.82, 2.24) is 18.9 Å². The maximum atomic E-state index is 13.7. The Morgan fingerprint density at radius 1 is 1.16 bits per heavy atom. The quantitative estimate of drug-likeness (QED) is 0.330. The van der Waals surface area contributed by atoms with E-state index in [2.05, 4.69) is 15.5 Å². The summed E-state index contributed by atoms with van der Waals surface area (Å²) in [7, 11) is -0.905. The average molecular weight is 485 g/mol. The molecule has 2 aromatic heterocycles. The summed E-state index contributed by atoms with van der Waals surface area (Å²) in [6, 6.07) is 5.87. The van der Waals surface area contributed by atoms with Gasteiger partial charge in [0.2, 0.25) is 15.9 Å². The SMILES string of the molecule is CN(C)S(=O)(=O)c1ccc2oc3nnc(SCC(=O)Nc4ccc(F)c(F)c4F)n3c2c1. The van der Waals surface area contributed by atoms with Crippen LogP contribution in [0.5, 0.6) is 0 Å². The van der Waals surface area contributed by atoms with Crippen molar-refractivity contribution in [2.75, 3.05) is 25.2 Å². The highest BCUT2D eigenvalue weighted by atomic mass is 32.2. The molecule has 2 aromatic carbocycles. The lowest BCUT2D eigenvalue weighted by atomic mass is 10.3. The van der Waals surface area contributed by atoms with Crippen molar-refractivity contribution in [2.24, 2.45) is 0 Å². The predicted octanol–water partition coefficient (Wildman–Crippen LogP) is 2.87. The standard InChI is InChI=1S/C18H14F3N5O4S2/c1-25(2)32(28,29)9-3-6-13-12(7-9)26-17(30-13)23-24-18(26)31-8-14(27)22-11-5-4-10(19)15(20)16(11)21/h3-7H,8H2,1-2H3,(H,22,27). The lowest BCUT2D eigenvalue weighted by Gasteiger charge is -2.10. The molecule has 0 saturated carbocycles.